The molecular formula is C26H20ClN7O2. The lowest BCUT2D eigenvalue weighted by Gasteiger charge is -2.13. The minimum absolute atomic E-state index is 0.357. The third-order valence-corrected chi connectivity index (χ3v) is 5.34. The van der Waals surface area contributed by atoms with Gasteiger partial charge >= 0.3 is 0 Å². The molecule has 178 valence electrons. The summed E-state index contributed by atoms with van der Waals surface area (Å²) in [5.74, 6) is 3.64. The maximum absolute atomic E-state index is 6.01. The summed E-state index contributed by atoms with van der Waals surface area (Å²) in [5, 5.41) is 4.53. The van der Waals surface area contributed by atoms with Crippen LogP contribution in [0.25, 0.3) is 10.9 Å². The predicted molar refractivity (Wildman–Crippen MR) is 140 cm³/mol. The molecule has 0 amide bonds. The van der Waals surface area contributed by atoms with Crippen LogP contribution in [-0.4, -0.2) is 26.3 Å². The monoisotopic (exact) mass is 497 g/mol. The van der Waals surface area contributed by atoms with Crippen LogP contribution < -0.4 is 20.5 Å². The first-order valence-electron chi connectivity index (χ1n) is 10.9. The zero-order valence-corrected chi connectivity index (χ0v) is 19.8. The lowest BCUT2D eigenvalue weighted by molar-refractivity contribution is 0.478. The molecule has 3 N–H and O–H groups in total. The Morgan fingerprint density at radius 1 is 0.861 bits per heavy atom. The Morgan fingerprint density at radius 3 is 2.47 bits per heavy atom. The van der Waals surface area contributed by atoms with E-state index in [2.05, 4.69) is 30.2 Å². The number of halogens is 1. The van der Waals surface area contributed by atoms with E-state index >= 15 is 0 Å². The highest BCUT2D eigenvalue weighted by atomic mass is 35.5. The van der Waals surface area contributed by atoms with Crippen molar-refractivity contribution in [1.82, 2.24) is 19.9 Å². The molecule has 9 nitrogen and oxygen atoms in total. The molecule has 0 unspecified atom stereocenters. The van der Waals surface area contributed by atoms with Crippen molar-refractivity contribution in [2.45, 2.75) is 6.92 Å². The fraction of sp³-hybridized carbons (Fsp3) is 0.0385. The van der Waals surface area contributed by atoms with Crippen LogP contribution in [0.15, 0.2) is 84.4 Å². The molecule has 0 fully saturated rings. The standard InChI is InChI=1S/C26H20ClN7O2/c1-16-10-17(2-5-23(16)36-20-7-9-30-25(13-20)31-14-28)34-26-21-11-18(3-4-22(21)32-15-33-26)35-19-6-8-29-24(27)12-19/h2-15H,1H3,(H2,28,30,31)(H,32,33,34). The average Bonchev–Trinajstić information content (AvgIpc) is 2.87. The number of nitrogens with one attached hydrogen (secondary N) is 1. The molecule has 0 spiro atoms. The first kappa shape index (κ1) is 23.0. The molecule has 5 rings (SSSR count). The molecule has 3 heterocycles. The first-order chi connectivity index (χ1) is 17.6. The van der Waals surface area contributed by atoms with Gasteiger partial charge in [0.1, 0.15) is 40.3 Å². The van der Waals surface area contributed by atoms with Crippen LogP contribution in [0.2, 0.25) is 5.15 Å². The van der Waals surface area contributed by atoms with Gasteiger partial charge in [0.2, 0.25) is 0 Å². The van der Waals surface area contributed by atoms with Gasteiger partial charge in [0, 0.05) is 35.6 Å². The van der Waals surface area contributed by atoms with E-state index in [9.17, 15) is 0 Å². The number of hydrogen-bond acceptors (Lipinski definition) is 8. The van der Waals surface area contributed by atoms with Gasteiger partial charge in [0.05, 0.1) is 11.9 Å². The largest absolute Gasteiger partial charge is 0.457 e. The molecule has 0 saturated heterocycles. The number of aromatic nitrogens is 4. The maximum Gasteiger partial charge on any atom is 0.157 e. The van der Waals surface area contributed by atoms with E-state index in [0.717, 1.165) is 22.2 Å². The number of anilines is 2. The highest BCUT2D eigenvalue weighted by Gasteiger charge is 2.09. The number of benzene rings is 2. The number of pyridine rings is 2. The molecule has 0 aliphatic carbocycles. The zero-order valence-electron chi connectivity index (χ0n) is 19.1. The van der Waals surface area contributed by atoms with Crippen LogP contribution in [-0.2, 0) is 0 Å². The zero-order chi connectivity index (χ0) is 24.9. The van der Waals surface area contributed by atoms with Crippen LogP contribution in [0.3, 0.4) is 0 Å². The Balaban J connectivity index is 1.38. The molecule has 10 heteroatoms. The average molecular weight is 498 g/mol. The third kappa shape index (κ3) is 5.31. The normalized spacial score (nSPS) is 11.1. The molecule has 0 saturated carbocycles. The second-order valence-electron chi connectivity index (χ2n) is 7.65. The Hall–Kier alpha value is -4.76. The first-order valence-corrected chi connectivity index (χ1v) is 11.3. The molecular weight excluding hydrogens is 478 g/mol. The van der Waals surface area contributed by atoms with E-state index in [1.807, 2.05) is 43.3 Å². The Morgan fingerprint density at radius 2 is 1.67 bits per heavy atom. The van der Waals surface area contributed by atoms with Crippen LogP contribution >= 0.6 is 11.6 Å². The van der Waals surface area contributed by atoms with Crippen LogP contribution in [0.1, 0.15) is 5.56 Å². The fourth-order valence-corrected chi connectivity index (χ4v) is 3.66. The van der Waals surface area contributed by atoms with Gasteiger partial charge in [0.15, 0.2) is 5.82 Å². The third-order valence-electron chi connectivity index (χ3n) is 5.13. The van der Waals surface area contributed by atoms with Gasteiger partial charge in [-0.3, -0.25) is 0 Å². The van der Waals surface area contributed by atoms with Gasteiger partial charge in [-0.05, 0) is 61.0 Å². The second kappa shape index (κ2) is 10.2. The van der Waals surface area contributed by atoms with E-state index < -0.39 is 0 Å². The Bertz CT molecular complexity index is 1580. The number of rotatable bonds is 7. The van der Waals surface area contributed by atoms with Crippen molar-refractivity contribution in [3.8, 4) is 23.0 Å². The van der Waals surface area contributed by atoms with Gasteiger partial charge in [-0.2, -0.15) is 0 Å². The summed E-state index contributed by atoms with van der Waals surface area (Å²) in [6, 6.07) is 18.2. The summed E-state index contributed by atoms with van der Waals surface area (Å²) in [5.41, 5.74) is 7.89. The van der Waals surface area contributed by atoms with Crippen LogP contribution in [0, 0.1) is 6.92 Å². The Labute approximate surface area is 211 Å². The van der Waals surface area contributed by atoms with E-state index in [-0.39, 0.29) is 0 Å². The van der Waals surface area contributed by atoms with Crippen LogP contribution in [0.4, 0.5) is 17.3 Å². The topological polar surface area (TPSA) is 120 Å². The summed E-state index contributed by atoms with van der Waals surface area (Å²) >= 11 is 5.97. The van der Waals surface area contributed by atoms with Crippen LogP contribution in [0.5, 0.6) is 23.0 Å². The van der Waals surface area contributed by atoms with Gasteiger partial charge in [0.25, 0.3) is 0 Å². The lowest BCUT2D eigenvalue weighted by Crippen LogP contribution is -1.97. The van der Waals surface area contributed by atoms with E-state index in [1.54, 1.807) is 36.7 Å². The molecule has 0 radical (unpaired) electrons. The van der Waals surface area contributed by atoms with Crippen molar-refractivity contribution < 1.29 is 9.47 Å². The van der Waals surface area contributed by atoms with Crippen molar-refractivity contribution >= 4 is 46.2 Å². The van der Waals surface area contributed by atoms with Gasteiger partial charge in [-0.25, -0.2) is 24.9 Å². The molecule has 0 bridgehead atoms. The summed E-state index contributed by atoms with van der Waals surface area (Å²) in [6.45, 7) is 1.96. The number of nitrogens with two attached hydrogens (primary N) is 1. The maximum atomic E-state index is 6.01. The van der Waals surface area contributed by atoms with E-state index in [1.165, 1.54) is 12.7 Å². The smallest absolute Gasteiger partial charge is 0.157 e. The van der Waals surface area contributed by atoms with Crippen molar-refractivity contribution in [2.75, 3.05) is 5.32 Å². The predicted octanol–water partition coefficient (Wildman–Crippen LogP) is 6.33. The van der Waals surface area contributed by atoms with Crippen molar-refractivity contribution in [1.29, 1.82) is 0 Å². The quantitative estimate of drug-likeness (QED) is 0.152. The SMILES string of the molecule is Cc1cc(Nc2ncnc3ccc(Oc4ccnc(Cl)c4)cc23)ccc1Oc1ccnc(N=CN)c1. The fourth-order valence-electron chi connectivity index (χ4n) is 3.50. The molecule has 36 heavy (non-hydrogen) atoms. The lowest BCUT2D eigenvalue weighted by atomic mass is 10.2. The number of fused-ring (bicyclic) bond motifs is 1. The van der Waals surface area contributed by atoms with Crippen molar-refractivity contribution in [3.05, 3.63) is 90.1 Å². The van der Waals surface area contributed by atoms with Crippen molar-refractivity contribution in [3.63, 3.8) is 0 Å². The number of nitrogens with zero attached hydrogens (tertiary/aromatic N) is 5. The molecule has 0 atom stereocenters. The number of ether oxygens (including phenoxy) is 2. The Kier molecular flexibility index (Phi) is 6.55. The highest BCUT2D eigenvalue weighted by molar-refractivity contribution is 6.29. The summed E-state index contributed by atoms with van der Waals surface area (Å²) in [7, 11) is 0. The molecule has 5 aromatic rings. The molecule has 2 aromatic carbocycles. The van der Waals surface area contributed by atoms with E-state index in [4.69, 9.17) is 26.8 Å². The molecule has 0 aliphatic heterocycles. The van der Waals surface area contributed by atoms with Gasteiger partial charge < -0.3 is 20.5 Å². The van der Waals surface area contributed by atoms with Gasteiger partial charge in [-0.15, -0.1) is 0 Å². The number of aliphatic imine (C=N–C) groups is 1. The molecule has 3 aromatic heterocycles. The second-order valence-corrected chi connectivity index (χ2v) is 8.04. The summed E-state index contributed by atoms with van der Waals surface area (Å²) in [6.07, 6.45) is 5.91. The summed E-state index contributed by atoms with van der Waals surface area (Å²) in [4.78, 5) is 20.9. The van der Waals surface area contributed by atoms with Crippen molar-refractivity contribution in [2.24, 2.45) is 10.7 Å². The summed E-state index contributed by atoms with van der Waals surface area (Å²) < 4.78 is 12.0. The molecule has 0 aliphatic rings. The highest BCUT2D eigenvalue weighted by Crippen LogP contribution is 2.32. The number of aryl methyl sites for hydroxylation is 1. The minimum atomic E-state index is 0.357. The minimum Gasteiger partial charge on any atom is -0.457 e. The van der Waals surface area contributed by atoms with E-state index in [0.29, 0.717) is 39.8 Å². The van der Waals surface area contributed by atoms with Gasteiger partial charge in [-0.1, -0.05) is 11.6 Å². The number of hydrogen-bond donors (Lipinski definition) is 2.